The SMILES string of the molecule is O=S(=O)(c1cccc(C(F)(F)F)c1)C1CCCCC1O. The van der Waals surface area contributed by atoms with Crippen LogP contribution in [-0.4, -0.2) is 24.9 Å². The van der Waals surface area contributed by atoms with Gasteiger partial charge in [-0.2, -0.15) is 13.2 Å². The molecule has 0 bridgehead atoms. The van der Waals surface area contributed by atoms with E-state index in [1.54, 1.807) is 0 Å². The van der Waals surface area contributed by atoms with Crippen molar-refractivity contribution in [1.29, 1.82) is 0 Å². The first-order chi connectivity index (χ1) is 9.23. The van der Waals surface area contributed by atoms with Gasteiger partial charge in [-0.3, -0.25) is 0 Å². The summed E-state index contributed by atoms with van der Waals surface area (Å²) in [6.07, 6.45) is -3.57. The molecule has 2 unspecified atom stereocenters. The highest BCUT2D eigenvalue weighted by Crippen LogP contribution is 2.33. The van der Waals surface area contributed by atoms with E-state index in [1.807, 2.05) is 0 Å². The number of benzene rings is 1. The second-order valence-electron chi connectivity index (χ2n) is 4.96. The highest BCUT2D eigenvalue weighted by molar-refractivity contribution is 7.92. The third-order valence-corrected chi connectivity index (χ3v) is 5.81. The summed E-state index contributed by atoms with van der Waals surface area (Å²) in [5.74, 6) is 0. The normalized spacial score (nSPS) is 24.6. The van der Waals surface area contributed by atoms with Crippen molar-refractivity contribution >= 4 is 9.84 Å². The Bertz CT molecular complexity index is 581. The molecule has 1 aromatic carbocycles. The van der Waals surface area contributed by atoms with Crippen LogP contribution in [0.1, 0.15) is 31.2 Å². The van der Waals surface area contributed by atoms with Gasteiger partial charge in [-0.05, 0) is 31.0 Å². The molecule has 0 aliphatic heterocycles. The lowest BCUT2D eigenvalue weighted by atomic mass is 9.97. The van der Waals surface area contributed by atoms with Gasteiger partial charge in [0.1, 0.15) is 0 Å². The summed E-state index contributed by atoms with van der Waals surface area (Å²) >= 11 is 0. The van der Waals surface area contributed by atoms with Gasteiger partial charge in [0.15, 0.2) is 9.84 Å². The van der Waals surface area contributed by atoms with Gasteiger partial charge < -0.3 is 5.11 Å². The van der Waals surface area contributed by atoms with E-state index in [1.165, 1.54) is 0 Å². The highest BCUT2D eigenvalue weighted by atomic mass is 32.2. The fourth-order valence-corrected chi connectivity index (χ4v) is 4.40. The van der Waals surface area contributed by atoms with Crippen LogP contribution < -0.4 is 0 Å². The zero-order valence-corrected chi connectivity index (χ0v) is 11.4. The number of aliphatic hydroxyl groups is 1. The van der Waals surface area contributed by atoms with Crippen molar-refractivity contribution in [1.82, 2.24) is 0 Å². The van der Waals surface area contributed by atoms with Gasteiger partial charge in [0.2, 0.25) is 0 Å². The molecule has 1 aliphatic rings. The van der Waals surface area contributed by atoms with Crippen LogP contribution in [0.4, 0.5) is 13.2 Å². The smallest absolute Gasteiger partial charge is 0.392 e. The Kier molecular flexibility index (Phi) is 4.11. The molecular weight excluding hydrogens is 293 g/mol. The van der Waals surface area contributed by atoms with E-state index in [9.17, 15) is 26.7 Å². The average molecular weight is 308 g/mol. The Morgan fingerprint density at radius 2 is 1.80 bits per heavy atom. The molecule has 0 radical (unpaired) electrons. The van der Waals surface area contributed by atoms with Crippen molar-refractivity contribution in [2.24, 2.45) is 0 Å². The first-order valence-electron chi connectivity index (χ1n) is 6.32. The summed E-state index contributed by atoms with van der Waals surface area (Å²) in [4.78, 5) is -0.377. The van der Waals surface area contributed by atoms with Crippen molar-refractivity contribution in [3.8, 4) is 0 Å². The largest absolute Gasteiger partial charge is 0.416 e. The van der Waals surface area contributed by atoms with Crippen LogP contribution in [-0.2, 0) is 16.0 Å². The minimum Gasteiger partial charge on any atom is -0.392 e. The fraction of sp³-hybridized carbons (Fsp3) is 0.538. The van der Waals surface area contributed by atoms with E-state index in [0.29, 0.717) is 18.9 Å². The molecule has 1 N–H and O–H groups in total. The Labute approximate surface area is 115 Å². The maximum absolute atomic E-state index is 12.6. The molecule has 0 heterocycles. The van der Waals surface area contributed by atoms with Gasteiger partial charge in [0.25, 0.3) is 0 Å². The molecule has 20 heavy (non-hydrogen) atoms. The maximum atomic E-state index is 12.6. The van der Waals surface area contributed by atoms with Gasteiger partial charge >= 0.3 is 6.18 Å². The number of rotatable bonds is 2. The number of hydrogen-bond acceptors (Lipinski definition) is 3. The topological polar surface area (TPSA) is 54.4 Å². The molecule has 2 rings (SSSR count). The predicted molar refractivity (Wildman–Crippen MR) is 66.9 cm³/mol. The van der Waals surface area contributed by atoms with Gasteiger partial charge in [0.05, 0.1) is 21.8 Å². The third-order valence-electron chi connectivity index (χ3n) is 3.56. The first kappa shape index (κ1) is 15.3. The van der Waals surface area contributed by atoms with Crippen molar-refractivity contribution in [2.45, 2.75) is 48.1 Å². The van der Waals surface area contributed by atoms with Crippen LogP contribution in [0, 0.1) is 0 Å². The minimum absolute atomic E-state index is 0.278. The first-order valence-corrected chi connectivity index (χ1v) is 7.87. The van der Waals surface area contributed by atoms with Crippen LogP contribution in [0.3, 0.4) is 0 Å². The summed E-state index contributed by atoms with van der Waals surface area (Å²) in [5.41, 5.74) is -0.996. The Morgan fingerprint density at radius 3 is 2.40 bits per heavy atom. The zero-order chi connectivity index (χ0) is 15.0. The minimum atomic E-state index is -4.59. The summed E-state index contributed by atoms with van der Waals surface area (Å²) in [5, 5.41) is 8.78. The van der Waals surface area contributed by atoms with E-state index in [0.717, 1.165) is 24.6 Å². The van der Waals surface area contributed by atoms with Gasteiger partial charge in [-0.1, -0.05) is 18.9 Å². The van der Waals surface area contributed by atoms with Gasteiger partial charge in [-0.15, -0.1) is 0 Å². The average Bonchev–Trinajstić information content (AvgIpc) is 2.38. The Balaban J connectivity index is 2.39. The van der Waals surface area contributed by atoms with Crippen LogP contribution in [0.2, 0.25) is 0 Å². The zero-order valence-electron chi connectivity index (χ0n) is 10.6. The monoisotopic (exact) mass is 308 g/mol. The molecule has 2 atom stereocenters. The molecule has 0 spiro atoms. The van der Waals surface area contributed by atoms with Crippen molar-refractivity contribution in [3.05, 3.63) is 29.8 Å². The lowest BCUT2D eigenvalue weighted by molar-refractivity contribution is -0.137. The molecule has 1 fully saturated rings. The second-order valence-corrected chi connectivity index (χ2v) is 7.13. The van der Waals surface area contributed by atoms with Crippen LogP contribution in [0.25, 0.3) is 0 Å². The van der Waals surface area contributed by atoms with E-state index in [-0.39, 0.29) is 11.3 Å². The van der Waals surface area contributed by atoms with Crippen molar-refractivity contribution in [2.75, 3.05) is 0 Å². The quantitative estimate of drug-likeness (QED) is 0.914. The van der Waals surface area contributed by atoms with E-state index in [2.05, 4.69) is 0 Å². The molecule has 1 aliphatic carbocycles. The summed E-state index contributed by atoms with van der Waals surface area (Å²) in [7, 11) is -3.94. The maximum Gasteiger partial charge on any atom is 0.416 e. The van der Waals surface area contributed by atoms with Gasteiger partial charge in [0, 0.05) is 0 Å². The lowest BCUT2D eigenvalue weighted by Gasteiger charge is -2.27. The predicted octanol–water partition coefficient (Wildman–Crippen LogP) is 2.78. The molecule has 7 heteroatoms. The van der Waals surface area contributed by atoms with E-state index < -0.39 is 32.9 Å². The molecule has 1 aromatic rings. The number of halogens is 3. The fourth-order valence-electron chi connectivity index (χ4n) is 2.46. The molecule has 112 valence electrons. The molecule has 1 saturated carbocycles. The number of alkyl halides is 3. The summed E-state index contributed by atoms with van der Waals surface area (Å²) < 4.78 is 62.6. The van der Waals surface area contributed by atoms with Crippen LogP contribution >= 0.6 is 0 Å². The summed E-state index contributed by atoms with van der Waals surface area (Å²) in [6, 6.07) is 3.68. The van der Waals surface area contributed by atoms with Crippen LogP contribution in [0.5, 0.6) is 0 Å². The van der Waals surface area contributed by atoms with Crippen molar-refractivity contribution < 1.29 is 26.7 Å². The van der Waals surface area contributed by atoms with E-state index in [4.69, 9.17) is 0 Å². The highest BCUT2D eigenvalue weighted by Gasteiger charge is 2.37. The van der Waals surface area contributed by atoms with Crippen molar-refractivity contribution in [3.63, 3.8) is 0 Å². The van der Waals surface area contributed by atoms with E-state index >= 15 is 0 Å². The third kappa shape index (κ3) is 2.98. The molecule has 0 aromatic heterocycles. The molecule has 3 nitrogen and oxygen atoms in total. The van der Waals surface area contributed by atoms with Gasteiger partial charge in [-0.25, -0.2) is 8.42 Å². The molecular formula is C13H15F3O3S. The standard InChI is InChI=1S/C13H15F3O3S/c14-13(15,16)9-4-3-5-10(8-9)20(18,19)12-7-2-1-6-11(12)17/h3-5,8,11-12,17H,1-2,6-7H2. The summed E-state index contributed by atoms with van der Waals surface area (Å²) in [6.45, 7) is 0. The van der Waals surface area contributed by atoms with Crippen LogP contribution in [0.15, 0.2) is 29.2 Å². The number of hydrogen-bond donors (Lipinski definition) is 1. The number of sulfone groups is 1. The Hall–Kier alpha value is -1.08. The Morgan fingerprint density at radius 1 is 1.15 bits per heavy atom. The molecule has 0 saturated heterocycles. The second kappa shape index (κ2) is 5.37. The number of aliphatic hydroxyl groups excluding tert-OH is 1. The molecule has 0 amide bonds. The lowest BCUT2D eigenvalue weighted by Crippen LogP contribution is -2.36.